The van der Waals surface area contributed by atoms with Crippen LogP contribution in [0, 0.1) is 6.92 Å². The Labute approximate surface area is 149 Å². The molecule has 1 N–H and O–H groups in total. The third kappa shape index (κ3) is 4.45. The third-order valence-corrected chi connectivity index (χ3v) is 4.89. The number of H-pyrrole nitrogens is 1. The highest BCUT2D eigenvalue weighted by molar-refractivity contribution is 5.77. The van der Waals surface area contributed by atoms with Gasteiger partial charge in [0.1, 0.15) is 0 Å². The van der Waals surface area contributed by atoms with E-state index in [-0.39, 0.29) is 11.9 Å². The van der Waals surface area contributed by atoms with Crippen LogP contribution in [-0.4, -0.2) is 51.0 Å². The number of amides is 1. The number of aromatic amines is 1. The van der Waals surface area contributed by atoms with Crippen LogP contribution in [0.4, 0.5) is 0 Å². The minimum atomic E-state index is 0.143. The van der Waals surface area contributed by atoms with Crippen molar-refractivity contribution in [3.05, 3.63) is 47.5 Å². The molecule has 1 saturated heterocycles. The Balaban J connectivity index is 1.56. The van der Waals surface area contributed by atoms with Crippen LogP contribution in [0.5, 0.6) is 0 Å². The molecule has 25 heavy (non-hydrogen) atoms. The van der Waals surface area contributed by atoms with E-state index in [0.717, 1.165) is 55.8 Å². The molecule has 0 saturated carbocycles. The van der Waals surface area contributed by atoms with E-state index < -0.39 is 0 Å². The fourth-order valence-corrected chi connectivity index (χ4v) is 3.50. The van der Waals surface area contributed by atoms with Gasteiger partial charge in [-0.05, 0) is 50.9 Å². The van der Waals surface area contributed by atoms with Gasteiger partial charge in [0.25, 0.3) is 0 Å². The largest absolute Gasteiger partial charge is 0.334 e. The van der Waals surface area contributed by atoms with E-state index in [2.05, 4.69) is 27.0 Å². The Morgan fingerprint density at radius 1 is 1.40 bits per heavy atom. The molecule has 6 heteroatoms. The molecule has 1 aliphatic rings. The zero-order chi connectivity index (χ0) is 17.6. The van der Waals surface area contributed by atoms with Crippen molar-refractivity contribution in [3.63, 3.8) is 0 Å². The Kier molecular flexibility index (Phi) is 5.81. The first-order valence-corrected chi connectivity index (χ1v) is 9.03. The molecule has 6 nitrogen and oxygen atoms in total. The van der Waals surface area contributed by atoms with Gasteiger partial charge >= 0.3 is 0 Å². The zero-order valence-electron chi connectivity index (χ0n) is 15.1. The van der Waals surface area contributed by atoms with Crippen LogP contribution in [0.25, 0.3) is 0 Å². The highest BCUT2D eigenvalue weighted by Crippen LogP contribution is 2.31. The van der Waals surface area contributed by atoms with Crippen molar-refractivity contribution in [1.29, 1.82) is 0 Å². The summed E-state index contributed by atoms with van der Waals surface area (Å²) in [7, 11) is 2.04. The summed E-state index contributed by atoms with van der Waals surface area (Å²) in [6.07, 6.45) is 7.43. The smallest absolute Gasteiger partial charge is 0.224 e. The van der Waals surface area contributed by atoms with E-state index in [1.54, 1.807) is 6.20 Å². The van der Waals surface area contributed by atoms with E-state index >= 15 is 0 Å². The minimum absolute atomic E-state index is 0.143. The number of carbonyl (C=O) groups excluding carboxylic acids is 1. The number of likely N-dealkylation sites (tertiary alicyclic amines) is 1. The van der Waals surface area contributed by atoms with Crippen LogP contribution in [0.15, 0.2) is 30.6 Å². The number of carbonyl (C=O) groups is 1. The quantitative estimate of drug-likeness (QED) is 0.877. The van der Waals surface area contributed by atoms with Crippen LogP contribution in [0.1, 0.15) is 48.7 Å². The maximum atomic E-state index is 12.8. The maximum Gasteiger partial charge on any atom is 0.224 e. The molecular formula is C19H27N5O. The lowest BCUT2D eigenvalue weighted by atomic mass is 9.97. The highest BCUT2D eigenvalue weighted by atomic mass is 16.2. The Morgan fingerprint density at radius 2 is 2.28 bits per heavy atom. The first-order chi connectivity index (χ1) is 12.1. The van der Waals surface area contributed by atoms with Gasteiger partial charge in [0.2, 0.25) is 5.91 Å². The van der Waals surface area contributed by atoms with Gasteiger partial charge in [0.15, 0.2) is 0 Å². The number of nitrogens with one attached hydrogen (secondary N) is 1. The van der Waals surface area contributed by atoms with Crippen LogP contribution in [-0.2, 0) is 11.3 Å². The van der Waals surface area contributed by atoms with Gasteiger partial charge in [-0.1, -0.05) is 6.07 Å². The van der Waals surface area contributed by atoms with Crippen molar-refractivity contribution in [2.45, 2.75) is 45.2 Å². The summed E-state index contributed by atoms with van der Waals surface area (Å²) in [5, 5.41) is 7.23. The molecule has 0 bridgehead atoms. The molecule has 3 rings (SSSR count). The summed E-state index contributed by atoms with van der Waals surface area (Å²) >= 11 is 0. The number of aryl methyl sites for hydroxylation is 1. The summed E-state index contributed by atoms with van der Waals surface area (Å²) in [6.45, 7) is 4.39. The van der Waals surface area contributed by atoms with E-state index in [1.165, 1.54) is 0 Å². The van der Waals surface area contributed by atoms with Gasteiger partial charge in [-0.3, -0.25) is 14.9 Å². The number of hydrogen-bond acceptors (Lipinski definition) is 4. The summed E-state index contributed by atoms with van der Waals surface area (Å²) in [4.78, 5) is 21.4. The molecule has 0 spiro atoms. The summed E-state index contributed by atoms with van der Waals surface area (Å²) in [5.41, 5.74) is 3.26. The number of hydrogen-bond donors (Lipinski definition) is 1. The first kappa shape index (κ1) is 17.6. The van der Waals surface area contributed by atoms with E-state index in [1.807, 2.05) is 36.3 Å². The van der Waals surface area contributed by atoms with Gasteiger partial charge in [-0.25, -0.2) is 0 Å². The van der Waals surface area contributed by atoms with E-state index in [0.29, 0.717) is 6.42 Å². The molecule has 0 aliphatic carbocycles. The van der Waals surface area contributed by atoms with Crippen molar-refractivity contribution in [1.82, 2.24) is 25.0 Å². The minimum Gasteiger partial charge on any atom is -0.334 e. The van der Waals surface area contributed by atoms with Crippen molar-refractivity contribution in [2.75, 3.05) is 20.1 Å². The van der Waals surface area contributed by atoms with Crippen LogP contribution in [0.3, 0.4) is 0 Å². The maximum absolute atomic E-state index is 12.8. The van der Waals surface area contributed by atoms with Crippen LogP contribution < -0.4 is 0 Å². The molecule has 3 heterocycles. The average Bonchev–Trinajstić information content (AvgIpc) is 3.06. The Hall–Kier alpha value is -2.21. The molecule has 0 radical (unpaired) electrons. The van der Waals surface area contributed by atoms with Gasteiger partial charge < -0.3 is 9.80 Å². The van der Waals surface area contributed by atoms with E-state index in [9.17, 15) is 4.79 Å². The third-order valence-electron chi connectivity index (χ3n) is 4.89. The average molecular weight is 341 g/mol. The van der Waals surface area contributed by atoms with Gasteiger partial charge in [-0.15, -0.1) is 0 Å². The molecule has 2 aromatic rings. The number of pyridine rings is 1. The predicted molar refractivity (Wildman–Crippen MR) is 96.8 cm³/mol. The lowest BCUT2D eigenvalue weighted by Crippen LogP contribution is -2.40. The fraction of sp³-hybridized carbons (Fsp3) is 0.526. The summed E-state index contributed by atoms with van der Waals surface area (Å²) in [5.74, 6) is 0.228. The number of aromatic nitrogens is 3. The lowest BCUT2D eigenvalue weighted by molar-refractivity contribution is -0.135. The predicted octanol–water partition coefficient (Wildman–Crippen LogP) is 2.69. The second-order valence-electron chi connectivity index (χ2n) is 6.87. The SMILES string of the molecule is Cc1cn[nH]c1C1CCCCN1C(=O)CCN(C)Cc1ccccn1. The van der Waals surface area contributed by atoms with Crippen molar-refractivity contribution >= 4 is 5.91 Å². The van der Waals surface area contributed by atoms with E-state index in [4.69, 9.17) is 0 Å². The van der Waals surface area contributed by atoms with Crippen LogP contribution >= 0.6 is 0 Å². The molecule has 1 atom stereocenters. The summed E-state index contributed by atoms with van der Waals surface area (Å²) < 4.78 is 0. The highest BCUT2D eigenvalue weighted by Gasteiger charge is 2.29. The second-order valence-corrected chi connectivity index (χ2v) is 6.87. The van der Waals surface area contributed by atoms with Crippen molar-refractivity contribution < 1.29 is 4.79 Å². The molecule has 1 fully saturated rings. The molecule has 2 aromatic heterocycles. The topological polar surface area (TPSA) is 65.1 Å². The molecule has 1 aliphatic heterocycles. The zero-order valence-corrected chi connectivity index (χ0v) is 15.1. The standard InChI is InChI=1S/C19H27N5O/c1-15-13-21-22-19(15)17-8-4-6-11-24(17)18(25)9-12-23(2)14-16-7-3-5-10-20-16/h3,5,7,10,13,17H,4,6,8-9,11-12,14H2,1-2H3,(H,21,22). The first-order valence-electron chi connectivity index (χ1n) is 9.03. The molecule has 0 aromatic carbocycles. The monoisotopic (exact) mass is 341 g/mol. The molecule has 1 unspecified atom stereocenters. The molecular weight excluding hydrogens is 314 g/mol. The Bertz CT molecular complexity index is 684. The van der Waals surface area contributed by atoms with Crippen molar-refractivity contribution in [2.24, 2.45) is 0 Å². The fourth-order valence-electron chi connectivity index (χ4n) is 3.50. The van der Waals surface area contributed by atoms with Gasteiger partial charge in [0, 0.05) is 32.3 Å². The van der Waals surface area contributed by atoms with Gasteiger partial charge in [-0.2, -0.15) is 5.10 Å². The number of rotatable bonds is 6. The van der Waals surface area contributed by atoms with Crippen molar-refractivity contribution in [3.8, 4) is 0 Å². The normalized spacial score (nSPS) is 17.9. The number of piperidine rings is 1. The lowest BCUT2D eigenvalue weighted by Gasteiger charge is -2.36. The molecule has 1 amide bonds. The summed E-state index contributed by atoms with van der Waals surface area (Å²) in [6, 6.07) is 6.07. The number of nitrogens with zero attached hydrogens (tertiary/aromatic N) is 4. The second kappa shape index (κ2) is 8.25. The van der Waals surface area contributed by atoms with Gasteiger partial charge in [0.05, 0.1) is 23.6 Å². The van der Waals surface area contributed by atoms with Crippen LogP contribution in [0.2, 0.25) is 0 Å². The molecule has 134 valence electrons. The Morgan fingerprint density at radius 3 is 3.00 bits per heavy atom.